The van der Waals surface area contributed by atoms with Crippen LogP contribution >= 0.6 is 0 Å². The summed E-state index contributed by atoms with van der Waals surface area (Å²) >= 11 is 0. The fourth-order valence-corrected chi connectivity index (χ4v) is 12.5. The molecule has 0 unspecified atom stereocenters. The van der Waals surface area contributed by atoms with Crippen LogP contribution < -0.4 is 0 Å². The molecule has 2 aliphatic rings. The van der Waals surface area contributed by atoms with E-state index in [0.29, 0.717) is 0 Å². The Labute approximate surface area is 412 Å². The van der Waals surface area contributed by atoms with Gasteiger partial charge in [0.1, 0.15) is 0 Å². The van der Waals surface area contributed by atoms with Crippen LogP contribution in [0.15, 0.2) is 249 Å². The number of rotatable bonds is 6. The number of hydrogen-bond acceptors (Lipinski definition) is 1. The molecule has 15 rings (SSSR count). The summed E-state index contributed by atoms with van der Waals surface area (Å²) in [4.78, 5) is 4.64. The predicted molar refractivity (Wildman–Crippen MR) is 295 cm³/mol. The van der Waals surface area contributed by atoms with Crippen molar-refractivity contribution < 1.29 is 0 Å². The molecule has 0 N–H and O–H groups in total. The highest BCUT2D eigenvalue weighted by molar-refractivity contribution is 6.11. The van der Waals surface area contributed by atoms with E-state index in [9.17, 15) is 0 Å². The Hall–Kier alpha value is -9.05. The molecule has 3 nitrogen and oxygen atoms in total. The van der Waals surface area contributed by atoms with Gasteiger partial charge in [0.25, 0.3) is 0 Å². The van der Waals surface area contributed by atoms with Gasteiger partial charge >= 0.3 is 0 Å². The number of benzene rings is 10. The second kappa shape index (κ2) is 15.5. The van der Waals surface area contributed by atoms with Crippen molar-refractivity contribution in [3.05, 3.63) is 271 Å². The molecule has 3 heterocycles. The number of para-hydroxylation sites is 4. The Morgan fingerprint density at radius 2 is 0.718 bits per heavy atom. The van der Waals surface area contributed by atoms with E-state index in [0.717, 1.165) is 35.5 Å². The third-order valence-corrected chi connectivity index (χ3v) is 15.7. The van der Waals surface area contributed by atoms with E-state index in [1.54, 1.807) is 0 Å². The van der Waals surface area contributed by atoms with Crippen LogP contribution in [0.3, 0.4) is 0 Å². The first-order chi connectivity index (χ1) is 35.1. The molecule has 0 saturated carbocycles. The normalized spacial score (nSPS) is 13.4. The highest BCUT2D eigenvalue weighted by Gasteiger charge is 2.47. The fourth-order valence-electron chi connectivity index (χ4n) is 12.5. The zero-order valence-corrected chi connectivity index (χ0v) is 38.9. The first-order valence-corrected chi connectivity index (χ1v) is 24.8. The van der Waals surface area contributed by atoms with E-state index in [4.69, 9.17) is 0 Å². The second-order valence-electron chi connectivity index (χ2n) is 19.6. The van der Waals surface area contributed by atoms with Crippen molar-refractivity contribution in [1.82, 2.24) is 14.1 Å². The van der Waals surface area contributed by atoms with Gasteiger partial charge in [0.05, 0.1) is 27.8 Å². The van der Waals surface area contributed by atoms with Crippen LogP contribution in [-0.4, -0.2) is 14.1 Å². The van der Waals surface area contributed by atoms with Gasteiger partial charge in [-0.25, -0.2) is 0 Å². The molecule has 0 bridgehead atoms. The van der Waals surface area contributed by atoms with Gasteiger partial charge in [-0.15, -0.1) is 0 Å². The molecule has 332 valence electrons. The third-order valence-electron chi connectivity index (χ3n) is 15.7. The Morgan fingerprint density at radius 1 is 0.310 bits per heavy atom. The van der Waals surface area contributed by atoms with Crippen molar-refractivity contribution in [3.63, 3.8) is 0 Å². The van der Waals surface area contributed by atoms with Gasteiger partial charge in [-0.05, 0) is 158 Å². The van der Waals surface area contributed by atoms with Crippen molar-refractivity contribution >= 4 is 43.6 Å². The molecule has 3 aromatic heterocycles. The number of hydrogen-bond donors (Lipinski definition) is 0. The lowest BCUT2D eigenvalue weighted by Crippen LogP contribution is -2.26. The van der Waals surface area contributed by atoms with Crippen LogP contribution in [0, 0.1) is 0 Å². The summed E-state index contributed by atoms with van der Waals surface area (Å²) in [6, 6.07) is 90.3. The lowest BCUT2D eigenvalue weighted by Gasteiger charge is -2.28. The van der Waals surface area contributed by atoms with Crippen molar-refractivity contribution in [2.24, 2.45) is 0 Å². The molecule has 0 atom stereocenters. The zero-order valence-electron chi connectivity index (χ0n) is 38.9. The fraction of sp³-hybridized carbons (Fsp3) is 0.0441. The van der Waals surface area contributed by atoms with Crippen molar-refractivity contribution in [1.29, 1.82) is 0 Å². The Morgan fingerprint density at radius 3 is 1.20 bits per heavy atom. The summed E-state index contributed by atoms with van der Waals surface area (Å²) in [5.74, 6) is 0. The van der Waals surface area contributed by atoms with Gasteiger partial charge in [-0.2, -0.15) is 0 Å². The standard InChI is InChI=1S/C68H45N3/c1-2-16-51-43-68(42-50(51)15-1)61-39-47(45-18-13-17-44(35-45)46-19-14-20-49(36-46)63-25-11-12-34-69-63)30-32-55(61)56-33-31-48(40-62(56)68)52-37-53(70-64-26-7-3-21-57(64)58-22-4-8-27-65(58)70)41-54(38-52)71-66-28-9-5-23-59(66)60-24-6-10-29-67(60)71/h1-41H,42-43H2. The molecule has 3 heteroatoms. The maximum atomic E-state index is 4.64. The van der Waals surface area contributed by atoms with Gasteiger partial charge in [-0.1, -0.05) is 164 Å². The van der Waals surface area contributed by atoms with E-state index in [1.807, 2.05) is 18.3 Å². The molecular weight excluding hydrogens is 859 g/mol. The van der Waals surface area contributed by atoms with Crippen LogP contribution in [-0.2, 0) is 18.3 Å². The van der Waals surface area contributed by atoms with Gasteiger partial charge in [0.2, 0.25) is 0 Å². The molecular formula is C68H45N3. The number of aromatic nitrogens is 3. The minimum Gasteiger partial charge on any atom is -0.309 e. The van der Waals surface area contributed by atoms with E-state index in [1.165, 1.54) is 110 Å². The van der Waals surface area contributed by atoms with E-state index in [-0.39, 0.29) is 5.41 Å². The molecule has 0 fully saturated rings. The third kappa shape index (κ3) is 6.13. The van der Waals surface area contributed by atoms with Crippen molar-refractivity contribution in [2.45, 2.75) is 18.3 Å². The van der Waals surface area contributed by atoms with Crippen LogP contribution in [0.5, 0.6) is 0 Å². The van der Waals surface area contributed by atoms with Gasteiger partial charge in [0, 0.05) is 50.1 Å². The quantitative estimate of drug-likeness (QED) is 0.163. The molecule has 0 aliphatic heterocycles. The molecule has 2 aliphatic carbocycles. The summed E-state index contributed by atoms with van der Waals surface area (Å²) < 4.78 is 4.94. The second-order valence-corrected chi connectivity index (χ2v) is 19.6. The first-order valence-electron chi connectivity index (χ1n) is 24.8. The lowest BCUT2D eigenvalue weighted by atomic mass is 9.74. The SMILES string of the molecule is c1ccc(-c2cccc(-c3cccc(-c4ccc5c(c4)C4(Cc6ccccc6C4)c4cc(-c6cc(-n7c8ccccc8c8ccccc87)cc(-n7c8ccccc8c8ccccc87)c6)ccc4-5)c3)c2)nc1. The number of nitrogens with zero attached hydrogens (tertiary/aromatic N) is 3. The highest BCUT2D eigenvalue weighted by atomic mass is 15.0. The zero-order chi connectivity index (χ0) is 46.6. The Balaban J connectivity index is 0.909. The van der Waals surface area contributed by atoms with Gasteiger partial charge in [0.15, 0.2) is 0 Å². The molecule has 1 spiro atoms. The van der Waals surface area contributed by atoms with Crippen molar-refractivity contribution in [2.75, 3.05) is 0 Å². The largest absolute Gasteiger partial charge is 0.309 e. The Bertz CT molecular complexity index is 4040. The molecule has 0 radical (unpaired) electrons. The molecule has 10 aromatic carbocycles. The van der Waals surface area contributed by atoms with Crippen molar-refractivity contribution in [3.8, 4) is 67.1 Å². The first kappa shape index (κ1) is 39.9. The molecule has 0 amide bonds. The van der Waals surface area contributed by atoms with Gasteiger partial charge < -0.3 is 9.13 Å². The van der Waals surface area contributed by atoms with Crippen LogP contribution in [0.4, 0.5) is 0 Å². The van der Waals surface area contributed by atoms with E-state index < -0.39 is 0 Å². The van der Waals surface area contributed by atoms with Crippen LogP contribution in [0.2, 0.25) is 0 Å². The molecule has 13 aromatic rings. The minimum absolute atomic E-state index is 0.213. The van der Waals surface area contributed by atoms with Crippen LogP contribution in [0.1, 0.15) is 22.3 Å². The average molecular weight is 904 g/mol. The molecule has 71 heavy (non-hydrogen) atoms. The summed E-state index contributed by atoms with van der Waals surface area (Å²) in [6.07, 6.45) is 3.79. The summed E-state index contributed by atoms with van der Waals surface area (Å²) in [6.45, 7) is 0. The monoisotopic (exact) mass is 903 g/mol. The summed E-state index contributed by atoms with van der Waals surface area (Å²) in [5, 5.41) is 5.02. The summed E-state index contributed by atoms with van der Waals surface area (Å²) in [7, 11) is 0. The molecule has 0 saturated heterocycles. The van der Waals surface area contributed by atoms with E-state index >= 15 is 0 Å². The average Bonchev–Trinajstić information content (AvgIpc) is 4.17. The minimum atomic E-state index is -0.213. The number of fused-ring (bicyclic) bond motifs is 12. The maximum absolute atomic E-state index is 4.64. The van der Waals surface area contributed by atoms with Gasteiger partial charge in [-0.3, -0.25) is 4.98 Å². The van der Waals surface area contributed by atoms with Crippen LogP contribution in [0.25, 0.3) is 111 Å². The number of pyridine rings is 1. The highest BCUT2D eigenvalue weighted by Crippen LogP contribution is 2.57. The summed E-state index contributed by atoms with van der Waals surface area (Å²) in [5.41, 5.74) is 24.6. The lowest BCUT2D eigenvalue weighted by molar-refractivity contribution is 0.564. The predicted octanol–water partition coefficient (Wildman–Crippen LogP) is 17.0. The smallest absolute Gasteiger partial charge is 0.0702 e. The van der Waals surface area contributed by atoms with E-state index in [2.05, 4.69) is 245 Å². The Kier molecular flexibility index (Phi) is 8.70. The topological polar surface area (TPSA) is 22.8 Å². The maximum Gasteiger partial charge on any atom is 0.0702 e.